The van der Waals surface area contributed by atoms with E-state index >= 15 is 0 Å². The Morgan fingerprint density at radius 2 is 1.54 bits per heavy atom. The summed E-state index contributed by atoms with van der Waals surface area (Å²) in [6, 6.07) is 9.20. The highest BCUT2D eigenvalue weighted by atomic mass is 16.6. The van der Waals surface area contributed by atoms with Gasteiger partial charge in [-0.15, -0.1) is 0 Å². The maximum absolute atomic E-state index is 13.2. The minimum absolute atomic E-state index is 0.0144. The lowest BCUT2D eigenvalue weighted by atomic mass is 9.49. The molecular weight excluding hydrogens is 442 g/mol. The van der Waals surface area contributed by atoms with Gasteiger partial charge in [0.25, 0.3) is 0 Å². The van der Waals surface area contributed by atoms with Gasteiger partial charge in [-0.25, -0.2) is 4.79 Å². The van der Waals surface area contributed by atoms with Crippen LogP contribution < -0.4 is 0 Å². The minimum Gasteiger partial charge on any atom is -0.457 e. The molecule has 0 unspecified atom stereocenters. The number of esters is 2. The van der Waals surface area contributed by atoms with Crippen LogP contribution in [0.3, 0.4) is 0 Å². The van der Waals surface area contributed by atoms with E-state index in [1.165, 1.54) is 19.3 Å². The molecule has 1 aromatic carbocycles. The largest absolute Gasteiger partial charge is 0.457 e. The molecule has 0 amide bonds. The van der Waals surface area contributed by atoms with E-state index in [9.17, 15) is 14.7 Å². The molecule has 5 aliphatic rings. The van der Waals surface area contributed by atoms with E-state index in [-0.39, 0.29) is 30.6 Å². The molecule has 4 bridgehead atoms. The van der Waals surface area contributed by atoms with Gasteiger partial charge in [-0.2, -0.15) is 0 Å². The number of hydrogen-bond donors (Lipinski definition) is 1. The molecule has 0 heterocycles. The fraction of sp³-hybridized carbons (Fsp3) is 0.724. The van der Waals surface area contributed by atoms with Gasteiger partial charge in [0.05, 0.1) is 19.5 Å². The maximum Gasteiger partial charge on any atom is 0.343 e. The van der Waals surface area contributed by atoms with Crippen molar-refractivity contribution >= 4 is 11.9 Å². The quantitative estimate of drug-likeness (QED) is 0.320. The molecule has 6 rings (SSSR count). The number of nitrogens with zero attached hydrogens (tertiary/aromatic N) is 1. The highest BCUT2D eigenvalue weighted by Crippen LogP contribution is 2.60. The van der Waals surface area contributed by atoms with E-state index in [0.717, 1.165) is 44.9 Å². The van der Waals surface area contributed by atoms with Crippen LogP contribution in [0.4, 0.5) is 0 Å². The monoisotopic (exact) mass is 484 g/mol. The van der Waals surface area contributed by atoms with E-state index in [1.807, 2.05) is 44.4 Å². The van der Waals surface area contributed by atoms with Crippen LogP contribution in [0.5, 0.6) is 0 Å². The average molecular weight is 485 g/mol. The normalized spacial score (nSPS) is 31.8. The first kappa shape index (κ1) is 24.8. The Hall–Kier alpha value is -1.92. The van der Waals surface area contributed by atoms with Crippen molar-refractivity contribution in [3.8, 4) is 0 Å². The third kappa shape index (κ3) is 4.89. The summed E-state index contributed by atoms with van der Waals surface area (Å²) in [5.74, 6) is 1.42. The van der Waals surface area contributed by atoms with Crippen LogP contribution >= 0.6 is 0 Å². The molecule has 6 nitrogen and oxygen atoms in total. The van der Waals surface area contributed by atoms with Gasteiger partial charge in [0.2, 0.25) is 6.73 Å². The molecule has 192 valence electrons. The summed E-state index contributed by atoms with van der Waals surface area (Å²) >= 11 is 0. The SMILES string of the molecule is C[N+](C)(CCOC(=O)[C@@](O)(c1ccccc1)C1CCCC1)COC(=O)C12CC3CC(CC(C3)C1)C2. The Labute approximate surface area is 209 Å². The lowest BCUT2D eigenvalue weighted by molar-refractivity contribution is -0.907. The second-order valence-electron chi connectivity index (χ2n) is 12.7. The fourth-order valence-corrected chi connectivity index (χ4v) is 7.86. The average Bonchev–Trinajstić information content (AvgIpc) is 3.37. The van der Waals surface area contributed by atoms with Gasteiger partial charge in [-0.05, 0) is 74.7 Å². The molecule has 0 spiro atoms. The maximum atomic E-state index is 13.2. The van der Waals surface area contributed by atoms with Crippen LogP contribution in [0, 0.1) is 29.1 Å². The Balaban J connectivity index is 1.15. The summed E-state index contributed by atoms with van der Waals surface area (Å²) in [4.78, 5) is 26.4. The van der Waals surface area contributed by atoms with Crippen LogP contribution in [0.2, 0.25) is 0 Å². The van der Waals surface area contributed by atoms with E-state index in [4.69, 9.17) is 9.47 Å². The van der Waals surface area contributed by atoms with Crippen molar-refractivity contribution in [2.75, 3.05) is 34.0 Å². The van der Waals surface area contributed by atoms with Gasteiger partial charge in [0, 0.05) is 5.92 Å². The van der Waals surface area contributed by atoms with E-state index in [0.29, 0.717) is 34.3 Å². The number of quaternary nitrogens is 1. The lowest BCUT2D eigenvalue weighted by Gasteiger charge is -2.55. The van der Waals surface area contributed by atoms with Gasteiger partial charge in [-0.1, -0.05) is 43.2 Å². The summed E-state index contributed by atoms with van der Waals surface area (Å²) < 4.78 is 12.0. The Morgan fingerprint density at radius 3 is 2.11 bits per heavy atom. The van der Waals surface area contributed by atoms with Crippen molar-refractivity contribution in [3.05, 3.63) is 35.9 Å². The predicted molar refractivity (Wildman–Crippen MR) is 132 cm³/mol. The molecule has 1 N–H and O–H groups in total. The molecule has 5 aliphatic carbocycles. The molecule has 6 heteroatoms. The minimum atomic E-state index is -1.61. The molecule has 1 aromatic rings. The summed E-state index contributed by atoms with van der Waals surface area (Å²) in [5.41, 5.74) is -1.26. The summed E-state index contributed by atoms with van der Waals surface area (Å²) in [6.07, 6.45) is 10.6. The van der Waals surface area contributed by atoms with E-state index in [1.54, 1.807) is 0 Å². The van der Waals surface area contributed by atoms with Crippen molar-refractivity contribution in [2.24, 2.45) is 29.1 Å². The zero-order valence-corrected chi connectivity index (χ0v) is 21.4. The Bertz CT molecular complexity index is 887. The van der Waals surface area contributed by atoms with Crippen LogP contribution in [0.1, 0.15) is 69.8 Å². The fourth-order valence-electron chi connectivity index (χ4n) is 7.86. The molecule has 0 aromatic heterocycles. The van der Waals surface area contributed by atoms with Crippen LogP contribution in [0.25, 0.3) is 0 Å². The molecular formula is C29H42NO5+. The number of carbonyl (C=O) groups excluding carboxylic acids is 2. The van der Waals surface area contributed by atoms with Gasteiger partial charge in [0.15, 0.2) is 5.60 Å². The van der Waals surface area contributed by atoms with Crippen molar-refractivity contribution in [2.45, 2.75) is 69.8 Å². The number of carbonyl (C=O) groups is 2. The number of likely N-dealkylation sites (N-methyl/N-ethyl adjacent to an activating group) is 1. The zero-order valence-electron chi connectivity index (χ0n) is 21.4. The first-order valence-electron chi connectivity index (χ1n) is 13.6. The molecule has 5 saturated carbocycles. The van der Waals surface area contributed by atoms with Gasteiger partial charge in [-0.3, -0.25) is 9.28 Å². The number of ether oxygens (including phenoxy) is 2. The number of rotatable bonds is 9. The van der Waals surface area contributed by atoms with Crippen LogP contribution in [-0.2, 0) is 24.7 Å². The second kappa shape index (κ2) is 9.51. The second-order valence-corrected chi connectivity index (χ2v) is 12.7. The summed E-state index contributed by atoms with van der Waals surface area (Å²) in [5, 5.41) is 11.6. The highest BCUT2D eigenvalue weighted by Gasteiger charge is 2.55. The summed E-state index contributed by atoms with van der Waals surface area (Å²) in [6.45, 7) is 0.946. The number of benzene rings is 1. The van der Waals surface area contributed by atoms with E-state index in [2.05, 4.69) is 0 Å². The molecule has 0 radical (unpaired) electrons. The Kier molecular flexibility index (Phi) is 6.73. The molecule has 0 saturated heterocycles. The van der Waals surface area contributed by atoms with Gasteiger partial charge < -0.3 is 14.6 Å². The van der Waals surface area contributed by atoms with Crippen LogP contribution in [0.15, 0.2) is 30.3 Å². The van der Waals surface area contributed by atoms with Crippen molar-refractivity contribution in [1.29, 1.82) is 0 Å². The van der Waals surface area contributed by atoms with Gasteiger partial charge >= 0.3 is 11.9 Å². The first-order valence-corrected chi connectivity index (χ1v) is 13.6. The smallest absolute Gasteiger partial charge is 0.343 e. The zero-order chi connectivity index (χ0) is 24.7. The highest BCUT2D eigenvalue weighted by molar-refractivity contribution is 5.81. The standard InChI is InChI=1S/C29H42NO5/c1-30(2,20-35-26(31)28-17-21-14-22(18-28)16-23(15-21)19-28)12-13-34-27(32)29(33,25-10-6-7-11-25)24-8-4-3-5-9-24/h3-5,8-9,21-23,25,33H,6-7,10-20H2,1-2H3/q+1/t21?,22?,23?,28?,29-/m1/s1. The molecule has 5 fully saturated rings. The van der Waals surface area contributed by atoms with Crippen molar-refractivity contribution < 1.29 is 28.7 Å². The lowest BCUT2D eigenvalue weighted by Crippen LogP contribution is -2.52. The number of hydrogen-bond acceptors (Lipinski definition) is 5. The molecule has 35 heavy (non-hydrogen) atoms. The predicted octanol–water partition coefficient (Wildman–Crippen LogP) is 4.40. The molecule has 0 aliphatic heterocycles. The van der Waals surface area contributed by atoms with Crippen molar-refractivity contribution in [3.63, 3.8) is 0 Å². The third-order valence-corrected chi connectivity index (χ3v) is 9.42. The third-order valence-electron chi connectivity index (χ3n) is 9.42. The van der Waals surface area contributed by atoms with E-state index < -0.39 is 11.6 Å². The van der Waals surface area contributed by atoms with Crippen LogP contribution in [-0.4, -0.2) is 55.5 Å². The van der Waals surface area contributed by atoms with Gasteiger partial charge in [0.1, 0.15) is 13.2 Å². The topological polar surface area (TPSA) is 72.8 Å². The first-order chi connectivity index (χ1) is 16.7. The Morgan fingerprint density at radius 1 is 0.971 bits per heavy atom. The van der Waals surface area contributed by atoms with Crippen molar-refractivity contribution in [1.82, 2.24) is 0 Å². The molecule has 1 atom stereocenters. The summed E-state index contributed by atoms with van der Waals surface area (Å²) in [7, 11) is 3.97. The number of aliphatic hydroxyl groups is 1.